The minimum atomic E-state index is -0.535. The number of anilines is 1. The van der Waals surface area contributed by atoms with Crippen LogP contribution in [0.3, 0.4) is 0 Å². The van der Waals surface area contributed by atoms with Crippen molar-refractivity contribution in [1.29, 1.82) is 5.26 Å². The third-order valence-corrected chi connectivity index (χ3v) is 3.17. The zero-order valence-corrected chi connectivity index (χ0v) is 11.5. The first-order valence-corrected chi connectivity index (χ1v) is 6.82. The summed E-state index contributed by atoms with van der Waals surface area (Å²) in [5.74, 6) is 0.0449. The van der Waals surface area contributed by atoms with E-state index in [1.165, 1.54) is 18.2 Å². The topological polar surface area (TPSA) is 108 Å². The fourth-order valence-corrected chi connectivity index (χ4v) is 1.89. The number of nitriles is 1. The first-order chi connectivity index (χ1) is 10.1. The standard InChI is InChI=1S/C14H16N4O3/c15-9-10-8-12(18(20)21)5-6-13(10)16-7-1-2-14(19)17-11-3-4-11/h5-6,8,11,16H,1-4,7H2,(H,17,19). The number of amides is 1. The van der Waals surface area contributed by atoms with E-state index in [0.717, 1.165) is 12.8 Å². The molecule has 0 aliphatic heterocycles. The van der Waals surface area contributed by atoms with Crippen LogP contribution in [0, 0.1) is 21.4 Å². The number of rotatable bonds is 7. The smallest absolute Gasteiger partial charge is 0.270 e. The minimum absolute atomic E-state index is 0.0449. The lowest BCUT2D eigenvalue weighted by atomic mass is 10.1. The second kappa shape index (κ2) is 6.70. The van der Waals surface area contributed by atoms with E-state index in [2.05, 4.69) is 10.6 Å². The summed E-state index contributed by atoms with van der Waals surface area (Å²) in [6.45, 7) is 0.532. The highest BCUT2D eigenvalue weighted by molar-refractivity contribution is 5.76. The number of nitro groups is 1. The molecule has 21 heavy (non-hydrogen) atoms. The van der Waals surface area contributed by atoms with E-state index in [0.29, 0.717) is 31.1 Å². The molecule has 0 bridgehead atoms. The van der Waals surface area contributed by atoms with Gasteiger partial charge in [-0.25, -0.2) is 0 Å². The minimum Gasteiger partial charge on any atom is -0.384 e. The highest BCUT2D eigenvalue weighted by Gasteiger charge is 2.22. The lowest BCUT2D eigenvalue weighted by Gasteiger charge is -2.08. The number of nitrogens with zero attached hydrogens (tertiary/aromatic N) is 2. The molecule has 0 saturated heterocycles. The van der Waals surface area contributed by atoms with Crippen LogP contribution in [0.15, 0.2) is 18.2 Å². The van der Waals surface area contributed by atoms with Crippen molar-refractivity contribution in [3.8, 4) is 6.07 Å². The van der Waals surface area contributed by atoms with Gasteiger partial charge in [0.05, 0.1) is 16.2 Å². The first kappa shape index (κ1) is 14.8. The molecule has 0 aromatic heterocycles. The van der Waals surface area contributed by atoms with Crippen molar-refractivity contribution in [2.24, 2.45) is 0 Å². The molecule has 1 aromatic carbocycles. The van der Waals surface area contributed by atoms with Crippen LogP contribution in [0.2, 0.25) is 0 Å². The molecule has 2 rings (SSSR count). The van der Waals surface area contributed by atoms with Crippen molar-refractivity contribution in [2.45, 2.75) is 31.7 Å². The molecular formula is C14H16N4O3. The van der Waals surface area contributed by atoms with Gasteiger partial charge in [-0.1, -0.05) is 0 Å². The SMILES string of the molecule is N#Cc1cc([N+](=O)[O-])ccc1NCCCC(=O)NC1CC1. The van der Waals surface area contributed by atoms with Crippen LogP contribution in [-0.2, 0) is 4.79 Å². The summed E-state index contributed by atoms with van der Waals surface area (Å²) in [5, 5.41) is 25.6. The third kappa shape index (κ3) is 4.45. The maximum Gasteiger partial charge on any atom is 0.270 e. The van der Waals surface area contributed by atoms with Crippen LogP contribution < -0.4 is 10.6 Å². The van der Waals surface area contributed by atoms with Gasteiger partial charge in [0.1, 0.15) is 6.07 Å². The van der Waals surface area contributed by atoms with E-state index >= 15 is 0 Å². The molecule has 0 unspecified atom stereocenters. The van der Waals surface area contributed by atoms with E-state index in [9.17, 15) is 14.9 Å². The highest BCUT2D eigenvalue weighted by Crippen LogP contribution is 2.21. The predicted molar refractivity (Wildman–Crippen MR) is 76.7 cm³/mol. The Hall–Kier alpha value is -2.62. The summed E-state index contributed by atoms with van der Waals surface area (Å²) in [4.78, 5) is 21.6. The van der Waals surface area contributed by atoms with Crippen LogP contribution in [0.1, 0.15) is 31.2 Å². The normalized spacial score (nSPS) is 13.3. The fourth-order valence-electron chi connectivity index (χ4n) is 1.89. The molecule has 1 aliphatic rings. The van der Waals surface area contributed by atoms with Gasteiger partial charge in [0, 0.05) is 31.1 Å². The van der Waals surface area contributed by atoms with E-state index in [4.69, 9.17) is 5.26 Å². The van der Waals surface area contributed by atoms with Crippen molar-refractivity contribution < 1.29 is 9.72 Å². The Bertz CT molecular complexity index is 590. The molecular weight excluding hydrogens is 272 g/mol. The summed E-state index contributed by atoms with van der Waals surface area (Å²) in [6.07, 6.45) is 3.20. The number of carbonyl (C=O) groups is 1. The second-order valence-corrected chi connectivity index (χ2v) is 4.97. The van der Waals surface area contributed by atoms with Crippen molar-refractivity contribution in [1.82, 2.24) is 5.32 Å². The van der Waals surface area contributed by atoms with Crippen LogP contribution in [-0.4, -0.2) is 23.4 Å². The third-order valence-electron chi connectivity index (χ3n) is 3.17. The first-order valence-electron chi connectivity index (χ1n) is 6.82. The molecule has 0 spiro atoms. The van der Waals surface area contributed by atoms with Crippen LogP contribution >= 0.6 is 0 Å². The number of hydrogen-bond donors (Lipinski definition) is 2. The molecule has 110 valence electrons. The summed E-state index contributed by atoms with van der Waals surface area (Å²) in [7, 11) is 0. The van der Waals surface area contributed by atoms with Crippen molar-refractivity contribution in [3.63, 3.8) is 0 Å². The molecule has 1 aliphatic carbocycles. The number of nitro benzene ring substituents is 1. The molecule has 1 aromatic rings. The molecule has 0 radical (unpaired) electrons. The Morgan fingerprint density at radius 3 is 2.86 bits per heavy atom. The maximum absolute atomic E-state index is 11.5. The number of non-ortho nitro benzene ring substituents is 1. The monoisotopic (exact) mass is 288 g/mol. The zero-order chi connectivity index (χ0) is 15.2. The van der Waals surface area contributed by atoms with Crippen LogP contribution in [0.25, 0.3) is 0 Å². The van der Waals surface area contributed by atoms with E-state index in [1.807, 2.05) is 6.07 Å². The van der Waals surface area contributed by atoms with Crippen molar-refractivity contribution in [2.75, 3.05) is 11.9 Å². The maximum atomic E-state index is 11.5. The van der Waals surface area contributed by atoms with Gasteiger partial charge in [-0.3, -0.25) is 14.9 Å². The highest BCUT2D eigenvalue weighted by atomic mass is 16.6. The van der Waals surface area contributed by atoms with Gasteiger partial charge >= 0.3 is 0 Å². The van der Waals surface area contributed by atoms with Crippen molar-refractivity contribution >= 4 is 17.3 Å². The molecule has 1 fully saturated rings. The molecule has 0 heterocycles. The molecule has 0 atom stereocenters. The number of benzene rings is 1. The Morgan fingerprint density at radius 2 is 2.24 bits per heavy atom. The van der Waals surface area contributed by atoms with E-state index in [-0.39, 0.29) is 17.2 Å². The lowest BCUT2D eigenvalue weighted by molar-refractivity contribution is -0.384. The molecule has 1 saturated carbocycles. The fraction of sp³-hybridized carbons (Fsp3) is 0.429. The Labute approximate surface area is 122 Å². The lowest BCUT2D eigenvalue weighted by Crippen LogP contribution is -2.25. The van der Waals surface area contributed by atoms with Gasteiger partial charge in [0.15, 0.2) is 0 Å². The molecule has 1 amide bonds. The van der Waals surface area contributed by atoms with Gasteiger partial charge in [0.2, 0.25) is 5.91 Å². The second-order valence-electron chi connectivity index (χ2n) is 4.97. The molecule has 7 heteroatoms. The van der Waals surface area contributed by atoms with Gasteiger partial charge in [-0.15, -0.1) is 0 Å². The molecule has 7 nitrogen and oxygen atoms in total. The number of hydrogen-bond acceptors (Lipinski definition) is 5. The Balaban J connectivity index is 1.80. The Morgan fingerprint density at radius 1 is 1.48 bits per heavy atom. The molecule has 2 N–H and O–H groups in total. The van der Waals surface area contributed by atoms with E-state index < -0.39 is 4.92 Å². The number of carbonyl (C=O) groups excluding carboxylic acids is 1. The van der Waals surface area contributed by atoms with Crippen LogP contribution in [0.5, 0.6) is 0 Å². The summed E-state index contributed by atoms with van der Waals surface area (Å²) in [5.41, 5.74) is 0.665. The zero-order valence-electron chi connectivity index (χ0n) is 11.5. The Kier molecular flexibility index (Phi) is 4.72. The summed E-state index contributed by atoms with van der Waals surface area (Å²) >= 11 is 0. The average Bonchev–Trinajstić information content (AvgIpc) is 3.27. The average molecular weight is 288 g/mol. The summed E-state index contributed by atoms with van der Waals surface area (Å²) < 4.78 is 0. The summed E-state index contributed by atoms with van der Waals surface area (Å²) in [6, 6.07) is 6.40. The van der Waals surface area contributed by atoms with Gasteiger partial charge in [-0.05, 0) is 25.3 Å². The van der Waals surface area contributed by atoms with E-state index in [1.54, 1.807) is 0 Å². The quantitative estimate of drug-likeness (QED) is 0.453. The van der Waals surface area contributed by atoms with Crippen molar-refractivity contribution in [3.05, 3.63) is 33.9 Å². The van der Waals surface area contributed by atoms with Gasteiger partial charge in [-0.2, -0.15) is 5.26 Å². The number of nitrogens with one attached hydrogen (secondary N) is 2. The largest absolute Gasteiger partial charge is 0.384 e. The van der Waals surface area contributed by atoms with Gasteiger partial charge in [0.25, 0.3) is 5.69 Å². The van der Waals surface area contributed by atoms with Gasteiger partial charge < -0.3 is 10.6 Å². The van der Waals surface area contributed by atoms with Crippen LogP contribution in [0.4, 0.5) is 11.4 Å². The predicted octanol–water partition coefficient (Wildman–Crippen LogP) is 1.94.